The zero-order valence-electron chi connectivity index (χ0n) is 14.7. The molecule has 2 aliphatic heterocycles. The van der Waals surface area contributed by atoms with Gasteiger partial charge in [-0.15, -0.1) is 11.3 Å². The van der Waals surface area contributed by atoms with Gasteiger partial charge in [0.25, 0.3) is 0 Å². The molecule has 7 heteroatoms. The van der Waals surface area contributed by atoms with Gasteiger partial charge in [-0.25, -0.2) is 4.98 Å². The summed E-state index contributed by atoms with van der Waals surface area (Å²) in [6, 6.07) is 0. The van der Waals surface area contributed by atoms with Gasteiger partial charge < -0.3 is 9.47 Å². The van der Waals surface area contributed by atoms with E-state index in [1.807, 2.05) is 31.3 Å². The molecule has 25 heavy (non-hydrogen) atoms. The number of imidazole rings is 1. The summed E-state index contributed by atoms with van der Waals surface area (Å²) in [7, 11) is 2.05. The van der Waals surface area contributed by atoms with E-state index in [2.05, 4.69) is 24.3 Å². The van der Waals surface area contributed by atoms with Crippen molar-refractivity contribution in [3.05, 3.63) is 34.8 Å². The van der Waals surface area contributed by atoms with Gasteiger partial charge in [-0.2, -0.15) is 0 Å². The summed E-state index contributed by atoms with van der Waals surface area (Å²) in [5.41, 5.74) is 3.15. The van der Waals surface area contributed by atoms with E-state index >= 15 is 0 Å². The van der Waals surface area contributed by atoms with Crippen molar-refractivity contribution in [3.8, 4) is 0 Å². The van der Waals surface area contributed by atoms with Crippen LogP contribution < -0.4 is 0 Å². The molecule has 134 valence electrons. The smallest absolute Gasteiger partial charge is 0.223 e. The normalized spacial score (nSPS) is 25.0. The lowest BCUT2D eigenvalue weighted by atomic mass is 9.87. The second-order valence-corrected chi connectivity index (χ2v) is 8.27. The van der Waals surface area contributed by atoms with Crippen molar-refractivity contribution in [1.82, 2.24) is 24.3 Å². The van der Waals surface area contributed by atoms with E-state index in [1.165, 1.54) is 10.6 Å². The van der Waals surface area contributed by atoms with Crippen molar-refractivity contribution in [3.63, 3.8) is 0 Å². The molecule has 1 atom stereocenters. The van der Waals surface area contributed by atoms with Crippen LogP contribution >= 0.6 is 11.3 Å². The largest absolute Gasteiger partial charge is 0.337 e. The summed E-state index contributed by atoms with van der Waals surface area (Å²) >= 11 is 1.64. The van der Waals surface area contributed by atoms with E-state index < -0.39 is 0 Å². The molecule has 0 unspecified atom stereocenters. The predicted octanol–water partition coefficient (Wildman–Crippen LogP) is 2.42. The van der Waals surface area contributed by atoms with Gasteiger partial charge in [-0.05, 0) is 32.2 Å². The van der Waals surface area contributed by atoms with Gasteiger partial charge in [0.15, 0.2) is 0 Å². The van der Waals surface area contributed by atoms with Crippen molar-refractivity contribution in [2.45, 2.75) is 50.7 Å². The van der Waals surface area contributed by atoms with Crippen LogP contribution in [0.25, 0.3) is 0 Å². The highest BCUT2D eigenvalue weighted by Gasteiger charge is 2.45. The van der Waals surface area contributed by atoms with Crippen LogP contribution in [0.3, 0.4) is 0 Å². The Morgan fingerprint density at radius 1 is 1.16 bits per heavy atom. The quantitative estimate of drug-likeness (QED) is 0.841. The topological polar surface area (TPSA) is 54.3 Å². The summed E-state index contributed by atoms with van der Waals surface area (Å²) in [5.74, 6) is 0.313. The number of carbonyl (C=O) groups excluding carboxylic acids is 1. The Kier molecular flexibility index (Phi) is 4.60. The molecule has 0 bridgehead atoms. The average Bonchev–Trinajstić information content (AvgIpc) is 3.28. The molecule has 0 N–H and O–H groups in total. The highest BCUT2D eigenvalue weighted by molar-refractivity contribution is 7.09. The van der Waals surface area contributed by atoms with Crippen molar-refractivity contribution < 1.29 is 4.79 Å². The minimum atomic E-state index is 0.0439. The predicted molar refractivity (Wildman–Crippen MR) is 97.0 cm³/mol. The highest BCUT2D eigenvalue weighted by Crippen LogP contribution is 2.40. The molecule has 2 saturated heterocycles. The average molecular weight is 359 g/mol. The van der Waals surface area contributed by atoms with E-state index in [4.69, 9.17) is 0 Å². The summed E-state index contributed by atoms with van der Waals surface area (Å²) in [5, 5.41) is 0. The number of aromatic nitrogens is 3. The van der Waals surface area contributed by atoms with Crippen LogP contribution in [0, 0.1) is 0 Å². The summed E-state index contributed by atoms with van der Waals surface area (Å²) in [4.78, 5) is 26.8. The fourth-order valence-corrected chi connectivity index (χ4v) is 4.87. The number of carbonyl (C=O) groups is 1. The Balaban J connectivity index is 1.46. The van der Waals surface area contributed by atoms with Crippen molar-refractivity contribution in [1.29, 1.82) is 0 Å². The first kappa shape index (κ1) is 16.7. The molecule has 1 amide bonds. The SMILES string of the molecule is Cn1cncc1CN1CCC[C@]2(CCC(=O)N2Cc2cncs2)CC1. The van der Waals surface area contributed by atoms with Crippen LogP contribution in [0.1, 0.15) is 42.7 Å². The molecule has 1 spiro atoms. The molecule has 6 nitrogen and oxygen atoms in total. The van der Waals surface area contributed by atoms with E-state index in [0.717, 1.165) is 51.9 Å². The lowest BCUT2D eigenvalue weighted by Gasteiger charge is -2.38. The van der Waals surface area contributed by atoms with Crippen LogP contribution in [-0.2, 0) is 24.9 Å². The first-order valence-electron chi connectivity index (χ1n) is 9.02. The molecular weight excluding hydrogens is 334 g/mol. The maximum absolute atomic E-state index is 12.6. The van der Waals surface area contributed by atoms with Crippen LogP contribution in [-0.4, -0.2) is 48.9 Å². The Morgan fingerprint density at radius 2 is 2.08 bits per heavy atom. The second kappa shape index (κ2) is 6.88. The van der Waals surface area contributed by atoms with Crippen LogP contribution in [0.15, 0.2) is 24.2 Å². The van der Waals surface area contributed by atoms with E-state index in [0.29, 0.717) is 12.3 Å². The molecular formula is C18H25N5OS. The van der Waals surface area contributed by atoms with Crippen molar-refractivity contribution in [2.24, 2.45) is 7.05 Å². The van der Waals surface area contributed by atoms with Gasteiger partial charge in [-0.1, -0.05) is 0 Å². The van der Waals surface area contributed by atoms with Crippen molar-refractivity contribution in [2.75, 3.05) is 13.1 Å². The zero-order chi connectivity index (χ0) is 17.3. The maximum atomic E-state index is 12.6. The molecule has 0 saturated carbocycles. The summed E-state index contributed by atoms with van der Waals surface area (Å²) in [6.45, 7) is 3.80. The first-order valence-corrected chi connectivity index (χ1v) is 9.90. The lowest BCUT2D eigenvalue weighted by molar-refractivity contribution is -0.132. The van der Waals surface area contributed by atoms with Crippen LogP contribution in [0.4, 0.5) is 0 Å². The molecule has 0 aliphatic carbocycles. The van der Waals surface area contributed by atoms with Crippen molar-refractivity contribution >= 4 is 17.2 Å². The number of hydrogen-bond donors (Lipinski definition) is 0. The fraction of sp³-hybridized carbons (Fsp3) is 0.611. The summed E-state index contributed by atoms with van der Waals surface area (Å²) in [6.07, 6.45) is 10.7. The number of aryl methyl sites for hydroxylation is 1. The molecule has 2 aromatic rings. The van der Waals surface area contributed by atoms with Gasteiger partial charge in [0.05, 0.1) is 24.1 Å². The number of amides is 1. The molecule has 0 aromatic carbocycles. The second-order valence-electron chi connectivity index (χ2n) is 7.30. The van der Waals surface area contributed by atoms with Crippen LogP contribution in [0.5, 0.6) is 0 Å². The highest BCUT2D eigenvalue weighted by atomic mass is 32.1. The van der Waals surface area contributed by atoms with Gasteiger partial charge in [0, 0.05) is 49.4 Å². The molecule has 2 fully saturated rings. The maximum Gasteiger partial charge on any atom is 0.223 e. The first-order chi connectivity index (χ1) is 12.2. The van der Waals surface area contributed by atoms with Gasteiger partial charge in [0.1, 0.15) is 0 Å². The number of thiazole rings is 1. The Morgan fingerprint density at radius 3 is 2.84 bits per heavy atom. The molecule has 4 rings (SSSR count). The van der Waals surface area contributed by atoms with E-state index in [9.17, 15) is 4.79 Å². The number of nitrogens with zero attached hydrogens (tertiary/aromatic N) is 5. The Labute approximate surface area is 152 Å². The molecule has 4 heterocycles. The number of rotatable bonds is 4. The van der Waals surface area contributed by atoms with Gasteiger partial charge in [-0.3, -0.25) is 14.7 Å². The van der Waals surface area contributed by atoms with Gasteiger partial charge >= 0.3 is 0 Å². The third-order valence-electron chi connectivity index (χ3n) is 5.79. The minimum absolute atomic E-state index is 0.0439. The number of likely N-dealkylation sites (tertiary alicyclic amines) is 2. The molecule has 2 aromatic heterocycles. The Hall–Kier alpha value is -1.73. The third-order valence-corrected chi connectivity index (χ3v) is 6.55. The third kappa shape index (κ3) is 3.35. The standard InChI is InChI=1S/C18H25N5OS/c1-21-13-19-9-15(21)11-22-7-2-4-18(6-8-22)5-3-17(24)23(18)12-16-10-20-14-25-16/h9-10,13-14H,2-8,11-12H2,1H3/t18-/m0/s1. The lowest BCUT2D eigenvalue weighted by Crippen LogP contribution is -2.45. The molecule has 0 radical (unpaired) electrons. The Bertz CT molecular complexity index is 728. The van der Waals surface area contributed by atoms with Gasteiger partial charge in [0.2, 0.25) is 5.91 Å². The zero-order valence-corrected chi connectivity index (χ0v) is 15.5. The van der Waals surface area contributed by atoms with Crippen LogP contribution in [0.2, 0.25) is 0 Å². The summed E-state index contributed by atoms with van der Waals surface area (Å²) < 4.78 is 2.09. The minimum Gasteiger partial charge on any atom is -0.337 e. The molecule has 2 aliphatic rings. The van der Waals surface area contributed by atoms with E-state index in [1.54, 1.807) is 11.3 Å². The van der Waals surface area contributed by atoms with E-state index in [-0.39, 0.29) is 5.54 Å². The fourth-order valence-electron chi connectivity index (χ4n) is 4.28. The monoisotopic (exact) mass is 359 g/mol. The number of hydrogen-bond acceptors (Lipinski definition) is 5.